The first-order valence-electron chi connectivity index (χ1n) is 8.01. The van der Waals surface area contributed by atoms with Gasteiger partial charge in [0.1, 0.15) is 5.82 Å². The van der Waals surface area contributed by atoms with Crippen molar-refractivity contribution in [1.82, 2.24) is 9.78 Å². The molecule has 1 aliphatic rings. The van der Waals surface area contributed by atoms with Gasteiger partial charge in [0.2, 0.25) is 5.91 Å². The average Bonchev–Trinajstić information content (AvgIpc) is 2.91. The molecule has 3 rings (SSSR count). The highest BCUT2D eigenvalue weighted by atomic mass is 79.9. The number of carbonyl (C=O) groups excluding carboxylic acids is 1. The van der Waals surface area contributed by atoms with Gasteiger partial charge >= 0.3 is 0 Å². The molecule has 1 fully saturated rings. The van der Waals surface area contributed by atoms with Gasteiger partial charge in [-0.3, -0.25) is 9.48 Å². The molecule has 1 saturated carbocycles. The Balaban J connectivity index is 1.72. The van der Waals surface area contributed by atoms with E-state index in [0.717, 1.165) is 25.7 Å². The molecule has 2 aromatic rings. The Hall–Kier alpha value is -1.40. The van der Waals surface area contributed by atoms with Crippen molar-refractivity contribution in [3.8, 4) is 0 Å². The Morgan fingerprint density at radius 1 is 1.38 bits per heavy atom. The number of nitrogens with one attached hydrogen (secondary N) is 1. The van der Waals surface area contributed by atoms with Gasteiger partial charge < -0.3 is 5.32 Å². The number of amides is 1. The second kappa shape index (κ2) is 7.66. The van der Waals surface area contributed by atoms with Crippen LogP contribution in [0.3, 0.4) is 0 Å². The summed E-state index contributed by atoms with van der Waals surface area (Å²) in [6.07, 6.45) is 6.95. The number of nitrogens with zero attached hydrogens (tertiary/aromatic N) is 2. The van der Waals surface area contributed by atoms with E-state index in [-0.39, 0.29) is 24.2 Å². The molecule has 128 valence electrons. The maximum Gasteiger partial charge on any atom is 0.228 e. The molecule has 0 atom stereocenters. The number of anilines is 1. The van der Waals surface area contributed by atoms with Crippen molar-refractivity contribution in [3.05, 3.63) is 45.3 Å². The van der Waals surface area contributed by atoms with Crippen LogP contribution < -0.4 is 5.32 Å². The SMILES string of the molecule is O=C(Nc1nn(Cc2c(F)cccc2Cl)cc1Br)C1CCCCC1. The highest BCUT2D eigenvalue weighted by molar-refractivity contribution is 9.10. The lowest BCUT2D eigenvalue weighted by atomic mass is 9.89. The quantitative estimate of drug-likeness (QED) is 0.765. The lowest BCUT2D eigenvalue weighted by Gasteiger charge is -2.20. The molecule has 1 aliphatic carbocycles. The van der Waals surface area contributed by atoms with Crippen molar-refractivity contribution in [2.45, 2.75) is 38.6 Å². The molecule has 1 amide bonds. The predicted molar refractivity (Wildman–Crippen MR) is 95.6 cm³/mol. The highest BCUT2D eigenvalue weighted by Crippen LogP contribution is 2.27. The molecule has 0 radical (unpaired) electrons. The molecule has 0 bridgehead atoms. The molecule has 0 aliphatic heterocycles. The minimum atomic E-state index is -0.373. The summed E-state index contributed by atoms with van der Waals surface area (Å²) in [5.74, 6) is 0.140. The van der Waals surface area contributed by atoms with Crippen molar-refractivity contribution in [2.24, 2.45) is 5.92 Å². The van der Waals surface area contributed by atoms with E-state index >= 15 is 0 Å². The summed E-state index contributed by atoms with van der Waals surface area (Å²) in [7, 11) is 0. The Bertz CT molecular complexity index is 723. The summed E-state index contributed by atoms with van der Waals surface area (Å²) in [4.78, 5) is 12.3. The van der Waals surface area contributed by atoms with Crippen LogP contribution in [0.2, 0.25) is 5.02 Å². The van der Waals surface area contributed by atoms with E-state index in [1.807, 2.05) is 0 Å². The Morgan fingerprint density at radius 3 is 2.83 bits per heavy atom. The van der Waals surface area contributed by atoms with Crippen LogP contribution in [0.1, 0.15) is 37.7 Å². The molecule has 1 aromatic heterocycles. The summed E-state index contributed by atoms with van der Waals surface area (Å²) >= 11 is 9.44. The minimum absolute atomic E-state index is 0.00424. The van der Waals surface area contributed by atoms with Crippen molar-refractivity contribution >= 4 is 39.3 Å². The van der Waals surface area contributed by atoms with Crippen LogP contribution in [-0.4, -0.2) is 15.7 Å². The van der Waals surface area contributed by atoms with Gasteiger partial charge in [-0.1, -0.05) is 36.9 Å². The topological polar surface area (TPSA) is 46.9 Å². The van der Waals surface area contributed by atoms with Gasteiger partial charge in [0.25, 0.3) is 0 Å². The summed E-state index contributed by atoms with van der Waals surface area (Å²) in [6.45, 7) is 0.198. The minimum Gasteiger partial charge on any atom is -0.308 e. The Kier molecular flexibility index (Phi) is 5.56. The van der Waals surface area contributed by atoms with E-state index < -0.39 is 0 Å². The Labute approximate surface area is 153 Å². The molecule has 4 nitrogen and oxygen atoms in total. The lowest BCUT2D eigenvalue weighted by Crippen LogP contribution is -2.25. The van der Waals surface area contributed by atoms with Gasteiger partial charge in [-0.25, -0.2) is 4.39 Å². The van der Waals surface area contributed by atoms with Crippen LogP contribution in [0, 0.1) is 11.7 Å². The smallest absolute Gasteiger partial charge is 0.228 e. The molecule has 1 N–H and O–H groups in total. The second-order valence-electron chi connectivity index (χ2n) is 6.05. The maximum atomic E-state index is 13.9. The number of rotatable bonds is 4. The number of aromatic nitrogens is 2. The first-order valence-corrected chi connectivity index (χ1v) is 9.18. The van der Waals surface area contributed by atoms with Gasteiger partial charge in [-0.15, -0.1) is 0 Å². The van der Waals surface area contributed by atoms with Gasteiger partial charge in [0.05, 0.1) is 11.0 Å². The van der Waals surface area contributed by atoms with E-state index in [0.29, 0.717) is 20.9 Å². The zero-order valence-electron chi connectivity index (χ0n) is 13.1. The van der Waals surface area contributed by atoms with Crippen LogP contribution in [0.25, 0.3) is 0 Å². The molecule has 7 heteroatoms. The molecule has 0 unspecified atom stereocenters. The summed E-state index contributed by atoms with van der Waals surface area (Å²) in [5, 5.41) is 7.56. The zero-order chi connectivity index (χ0) is 17.1. The van der Waals surface area contributed by atoms with Crippen molar-refractivity contribution in [1.29, 1.82) is 0 Å². The number of carbonyl (C=O) groups is 1. The molecule has 1 heterocycles. The molecule has 1 aromatic carbocycles. The standard InChI is InChI=1S/C17H18BrClFN3O/c18-13-10-23(9-12-14(19)7-4-8-15(12)20)22-16(13)21-17(24)11-5-2-1-3-6-11/h4,7-8,10-11H,1-3,5-6,9H2,(H,21,22,24). The van der Waals surface area contributed by atoms with Crippen LogP contribution in [0.5, 0.6) is 0 Å². The monoisotopic (exact) mass is 413 g/mol. The highest BCUT2D eigenvalue weighted by Gasteiger charge is 2.22. The van der Waals surface area contributed by atoms with Crippen LogP contribution >= 0.6 is 27.5 Å². The fraction of sp³-hybridized carbons (Fsp3) is 0.412. The molecular weight excluding hydrogens is 397 g/mol. The largest absolute Gasteiger partial charge is 0.308 e. The predicted octanol–water partition coefficient (Wildman–Crippen LogP) is 5.01. The second-order valence-corrected chi connectivity index (χ2v) is 7.31. The van der Waals surface area contributed by atoms with Gasteiger partial charge in [-0.2, -0.15) is 5.10 Å². The fourth-order valence-corrected chi connectivity index (χ4v) is 3.63. The van der Waals surface area contributed by atoms with Crippen molar-refractivity contribution in [2.75, 3.05) is 5.32 Å². The lowest BCUT2D eigenvalue weighted by molar-refractivity contribution is -0.120. The summed E-state index contributed by atoms with van der Waals surface area (Å²) < 4.78 is 16.1. The average molecular weight is 415 g/mol. The van der Waals surface area contributed by atoms with Gasteiger partial charge in [0.15, 0.2) is 5.82 Å². The van der Waals surface area contributed by atoms with Crippen LogP contribution in [0.15, 0.2) is 28.9 Å². The summed E-state index contributed by atoms with van der Waals surface area (Å²) in [5.41, 5.74) is 0.374. The molecule has 24 heavy (non-hydrogen) atoms. The normalized spacial score (nSPS) is 15.5. The number of hydrogen-bond donors (Lipinski definition) is 1. The van der Waals surface area contributed by atoms with E-state index in [1.54, 1.807) is 23.0 Å². The fourth-order valence-electron chi connectivity index (χ4n) is 2.99. The number of benzene rings is 1. The van der Waals surface area contributed by atoms with Crippen LogP contribution in [-0.2, 0) is 11.3 Å². The number of halogens is 3. The third-order valence-electron chi connectivity index (χ3n) is 4.32. The van der Waals surface area contributed by atoms with E-state index in [9.17, 15) is 9.18 Å². The van der Waals surface area contributed by atoms with Crippen LogP contribution in [0.4, 0.5) is 10.2 Å². The Morgan fingerprint density at radius 2 is 2.12 bits per heavy atom. The third-order valence-corrected chi connectivity index (χ3v) is 5.25. The number of hydrogen-bond acceptors (Lipinski definition) is 2. The van der Waals surface area contributed by atoms with Crippen molar-refractivity contribution in [3.63, 3.8) is 0 Å². The molecular formula is C17H18BrClFN3O. The van der Waals surface area contributed by atoms with E-state index in [2.05, 4.69) is 26.3 Å². The first kappa shape index (κ1) is 17.4. The van der Waals surface area contributed by atoms with Gasteiger partial charge in [-0.05, 0) is 40.9 Å². The van der Waals surface area contributed by atoms with E-state index in [4.69, 9.17) is 11.6 Å². The zero-order valence-corrected chi connectivity index (χ0v) is 15.4. The summed E-state index contributed by atoms with van der Waals surface area (Å²) in [6, 6.07) is 4.58. The van der Waals surface area contributed by atoms with Gasteiger partial charge in [0, 0.05) is 22.7 Å². The molecule has 0 spiro atoms. The van der Waals surface area contributed by atoms with Crippen molar-refractivity contribution < 1.29 is 9.18 Å². The van der Waals surface area contributed by atoms with E-state index in [1.165, 1.54) is 12.5 Å². The maximum absolute atomic E-state index is 13.9. The molecule has 0 saturated heterocycles. The first-order chi connectivity index (χ1) is 11.5. The third kappa shape index (κ3) is 3.98.